The number of rotatable bonds is 3. The van der Waals surface area contributed by atoms with E-state index in [0.717, 1.165) is 28.9 Å². The molecule has 3 rings (SSSR count). The minimum absolute atomic E-state index is 0.661. The lowest BCUT2D eigenvalue weighted by molar-refractivity contribution is 0.112. The first-order chi connectivity index (χ1) is 9.67. The molecule has 1 aromatic carbocycles. The smallest absolute Gasteiger partial charge is 0.150 e. The lowest BCUT2D eigenvalue weighted by atomic mass is 10.1. The molecule has 0 atom stereocenters. The van der Waals surface area contributed by atoms with Crippen molar-refractivity contribution in [2.75, 3.05) is 19.0 Å². The van der Waals surface area contributed by atoms with E-state index in [1.165, 1.54) is 0 Å². The Morgan fingerprint density at radius 1 is 1.20 bits per heavy atom. The third-order valence-corrected chi connectivity index (χ3v) is 3.28. The molecule has 4 nitrogen and oxygen atoms in total. The summed E-state index contributed by atoms with van der Waals surface area (Å²) in [5.74, 6) is 0. The molecule has 0 aliphatic rings. The summed E-state index contributed by atoms with van der Waals surface area (Å²) in [5, 5.41) is 0. The molecule has 3 aromatic rings. The lowest BCUT2D eigenvalue weighted by Crippen LogP contribution is -2.08. The lowest BCUT2D eigenvalue weighted by Gasteiger charge is -2.11. The highest BCUT2D eigenvalue weighted by molar-refractivity contribution is 5.78. The number of fused-ring (bicyclic) bond motifs is 1. The van der Waals surface area contributed by atoms with E-state index in [-0.39, 0.29) is 0 Å². The molecule has 0 saturated carbocycles. The summed E-state index contributed by atoms with van der Waals surface area (Å²) in [7, 11) is 4.01. The number of hydrogen-bond donors (Lipinski definition) is 0. The van der Waals surface area contributed by atoms with Crippen molar-refractivity contribution in [2.45, 2.75) is 0 Å². The van der Waals surface area contributed by atoms with Gasteiger partial charge in [0.15, 0.2) is 0 Å². The average Bonchev–Trinajstić information content (AvgIpc) is 2.90. The third kappa shape index (κ3) is 2.16. The highest BCUT2D eigenvalue weighted by Gasteiger charge is 2.06. The number of pyridine rings is 1. The molecular weight excluding hydrogens is 250 g/mol. The molecule has 0 saturated heterocycles. The van der Waals surface area contributed by atoms with Crippen LogP contribution in [0.15, 0.2) is 48.8 Å². The number of carbonyl (C=O) groups excluding carboxylic acids is 1. The summed E-state index contributed by atoms with van der Waals surface area (Å²) >= 11 is 0. The van der Waals surface area contributed by atoms with E-state index in [1.54, 1.807) is 6.07 Å². The molecule has 0 aliphatic heterocycles. The van der Waals surface area contributed by atoms with Crippen LogP contribution in [0.4, 0.5) is 5.69 Å². The standard InChI is InChI=1S/C16H15N3O/c1-18(2)14-6-7-19-10-15(17-16(19)9-14)13-5-3-4-12(8-13)11-20/h3-11H,1-2H3. The normalized spacial score (nSPS) is 10.7. The molecule has 0 fully saturated rings. The Morgan fingerprint density at radius 3 is 2.80 bits per heavy atom. The Labute approximate surface area is 117 Å². The van der Waals surface area contributed by atoms with E-state index in [9.17, 15) is 4.79 Å². The van der Waals surface area contributed by atoms with Crippen LogP contribution >= 0.6 is 0 Å². The van der Waals surface area contributed by atoms with Crippen molar-refractivity contribution in [3.63, 3.8) is 0 Å². The number of nitrogens with zero attached hydrogens (tertiary/aromatic N) is 3. The van der Waals surface area contributed by atoms with Gasteiger partial charge in [0.05, 0.1) is 5.69 Å². The Kier molecular flexibility index (Phi) is 2.99. The predicted octanol–water partition coefficient (Wildman–Crippen LogP) is 2.88. The molecule has 100 valence electrons. The van der Waals surface area contributed by atoms with E-state index in [1.807, 2.05) is 66.1 Å². The summed E-state index contributed by atoms with van der Waals surface area (Å²) in [5.41, 5.74) is 4.47. The first-order valence-corrected chi connectivity index (χ1v) is 6.39. The van der Waals surface area contributed by atoms with Gasteiger partial charge in [-0.15, -0.1) is 0 Å². The van der Waals surface area contributed by atoms with Crippen LogP contribution in [0.3, 0.4) is 0 Å². The molecule has 0 bridgehead atoms. The summed E-state index contributed by atoms with van der Waals surface area (Å²) in [6.45, 7) is 0. The van der Waals surface area contributed by atoms with Crippen molar-refractivity contribution in [2.24, 2.45) is 0 Å². The summed E-state index contributed by atoms with van der Waals surface area (Å²) in [6, 6.07) is 11.5. The number of anilines is 1. The van der Waals surface area contributed by atoms with Crippen LogP contribution in [-0.4, -0.2) is 29.8 Å². The van der Waals surface area contributed by atoms with Gasteiger partial charge in [0.1, 0.15) is 11.9 Å². The van der Waals surface area contributed by atoms with E-state index in [0.29, 0.717) is 5.56 Å². The maximum absolute atomic E-state index is 10.9. The number of aldehydes is 1. The minimum atomic E-state index is 0.661. The number of aromatic nitrogens is 2. The fraction of sp³-hybridized carbons (Fsp3) is 0.125. The topological polar surface area (TPSA) is 37.6 Å². The van der Waals surface area contributed by atoms with Crippen LogP contribution in [0.2, 0.25) is 0 Å². The maximum Gasteiger partial charge on any atom is 0.150 e. The first kappa shape index (κ1) is 12.4. The monoisotopic (exact) mass is 265 g/mol. The second-order valence-corrected chi connectivity index (χ2v) is 4.91. The van der Waals surface area contributed by atoms with Crippen LogP contribution in [0.25, 0.3) is 16.9 Å². The van der Waals surface area contributed by atoms with Crippen molar-refractivity contribution < 1.29 is 4.79 Å². The Morgan fingerprint density at radius 2 is 2.05 bits per heavy atom. The SMILES string of the molecule is CN(C)c1ccn2cc(-c3cccc(C=O)c3)nc2c1. The molecule has 0 amide bonds. The number of imidazole rings is 1. The molecule has 0 N–H and O–H groups in total. The van der Waals surface area contributed by atoms with Crippen molar-refractivity contribution in [1.29, 1.82) is 0 Å². The molecule has 0 unspecified atom stereocenters. The van der Waals surface area contributed by atoms with Gasteiger partial charge in [0.2, 0.25) is 0 Å². The predicted molar refractivity (Wildman–Crippen MR) is 80.3 cm³/mol. The molecule has 4 heteroatoms. The minimum Gasteiger partial charge on any atom is -0.378 e. The van der Waals surface area contributed by atoms with Gasteiger partial charge in [-0.2, -0.15) is 0 Å². The van der Waals surface area contributed by atoms with Gasteiger partial charge in [-0.1, -0.05) is 18.2 Å². The molecule has 0 spiro atoms. The van der Waals surface area contributed by atoms with Crippen LogP contribution in [0.5, 0.6) is 0 Å². The first-order valence-electron chi connectivity index (χ1n) is 6.39. The van der Waals surface area contributed by atoms with Crippen LogP contribution in [0, 0.1) is 0 Å². The van der Waals surface area contributed by atoms with Crippen molar-refractivity contribution >= 4 is 17.6 Å². The van der Waals surface area contributed by atoms with Gasteiger partial charge in [-0.3, -0.25) is 4.79 Å². The third-order valence-electron chi connectivity index (χ3n) is 3.28. The van der Waals surface area contributed by atoms with Gasteiger partial charge in [-0.25, -0.2) is 4.98 Å². The van der Waals surface area contributed by atoms with Gasteiger partial charge in [0.25, 0.3) is 0 Å². The van der Waals surface area contributed by atoms with Crippen molar-refractivity contribution in [3.05, 3.63) is 54.4 Å². The van der Waals surface area contributed by atoms with E-state index < -0.39 is 0 Å². The van der Waals surface area contributed by atoms with E-state index >= 15 is 0 Å². The Hall–Kier alpha value is -2.62. The van der Waals surface area contributed by atoms with Crippen molar-refractivity contribution in [1.82, 2.24) is 9.38 Å². The van der Waals surface area contributed by atoms with Crippen molar-refractivity contribution in [3.8, 4) is 11.3 Å². The zero-order chi connectivity index (χ0) is 14.1. The largest absolute Gasteiger partial charge is 0.378 e. The summed E-state index contributed by atoms with van der Waals surface area (Å²) in [6.07, 6.45) is 4.81. The Bertz CT molecular complexity index is 774. The quantitative estimate of drug-likeness (QED) is 0.683. The second kappa shape index (κ2) is 4.81. The Balaban J connectivity index is 2.10. The molecule has 2 heterocycles. The summed E-state index contributed by atoms with van der Waals surface area (Å²) < 4.78 is 1.98. The number of benzene rings is 1. The molecule has 0 aliphatic carbocycles. The van der Waals surface area contributed by atoms with Crippen LogP contribution in [0.1, 0.15) is 10.4 Å². The summed E-state index contributed by atoms with van der Waals surface area (Å²) in [4.78, 5) is 17.5. The average molecular weight is 265 g/mol. The van der Waals surface area contributed by atoms with E-state index in [2.05, 4.69) is 4.98 Å². The maximum atomic E-state index is 10.9. The molecule has 0 radical (unpaired) electrons. The molecule has 20 heavy (non-hydrogen) atoms. The molecule has 2 aromatic heterocycles. The number of hydrogen-bond acceptors (Lipinski definition) is 3. The van der Waals surface area contributed by atoms with Gasteiger partial charge in [0, 0.05) is 49.4 Å². The zero-order valence-corrected chi connectivity index (χ0v) is 11.4. The van der Waals surface area contributed by atoms with Gasteiger partial charge >= 0.3 is 0 Å². The van der Waals surface area contributed by atoms with Crippen LogP contribution in [-0.2, 0) is 0 Å². The number of carbonyl (C=O) groups is 1. The highest BCUT2D eigenvalue weighted by atomic mass is 16.1. The highest BCUT2D eigenvalue weighted by Crippen LogP contribution is 2.22. The van der Waals surface area contributed by atoms with E-state index in [4.69, 9.17) is 0 Å². The fourth-order valence-corrected chi connectivity index (χ4v) is 2.16. The van der Waals surface area contributed by atoms with Gasteiger partial charge in [-0.05, 0) is 12.1 Å². The fourth-order valence-electron chi connectivity index (χ4n) is 2.16. The zero-order valence-electron chi connectivity index (χ0n) is 11.4. The van der Waals surface area contributed by atoms with Gasteiger partial charge < -0.3 is 9.30 Å². The second-order valence-electron chi connectivity index (χ2n) is 4.91. The molecular formula is C16H15N3O. The van der Waals surface area contributed by atoms with Crippen LogP contribution < -0.4 is 4.90 Å².